The minimum Gasteiger partial charge on any atom is -0.337 e. The summed E-state index contributed by atoms with van der Waals surface area (Å²) in [6.07, 6.45) is 0.704. The molecule has 0 aliphatic carbocycles. The van der Waals surface area contributed by atoms with Gasteiger partial charge < -0.3 is 4.90 Å². The molecule has 0 aliphatic heterocycles. The van der Waals surface area contributed by atoms with Gasteiger partial charge in [0, 0.05) is 29.7 Å². The van der Waals surface area contributed by atoms with Crippen LogP contribution in [0.3, 0.4) is 0 Å². The second-order valence-electron chi connectivity index (χ2n) is 6.21. The lowest BCUT2D eigenvalue weighted by molar-refractivity contribution is 0.0784. The fourth-order valence-corrected chi connectivity index (χ4v) is 4.10. The van der Waals surface area contributed by atoms with E-state index in [4.69, 9.17) is 0 Å². The Balaban J connectivity index is 2.12. The number of amides is 1. The van der Waals surface area contributed by atoms with Gasteiger partial charge in [-0.1, -0.05) is 41.1 Å². The van der Waals surface area contributed by atoms with E-state index >= 15 is 0 Å². The van der Waals surface area contributed by atoms with Crippen LogP contribution in [0.25, 0.3) is 0 Å². The van der Waals surface area contributed by atoms with Crippen LogP contribution in [0.4, 0.5) is 0 Å². The second kappa shape index (κ2) is 8.79. The highest BCUT2D eigenvalue weighted by molar-refractivity contribution is 9.10. The first-order valence-electron chi connectivity index (χ1n) is 8.36. The van der Waals surface area contributed by atoms with E-state index < -0.39 is 10.0 Å². The van der Waals surface area contributed by atoms with Crippen molar-refractivity contribution in [3.05, 3.63) is 64.1 Å². The SMILES string of the molecule is CCC(C)NS(=O)(=O)c1ccc(C(=O)N(C)Cc2ccccc2Br)cc1. The van der Waals surface area contributed by atoms with Crippen molar-refractivity contribution in [1.29, 1.82) is 0 Å². The number of hydrogen-bond donors (Lipinski definition) is 1. The van der Waals surface area contributed by atoms with Crippen LogP contribution in [-0.2, 0) is 16.6 Å². The molecule has 2 aromatic carbocycles. The van der Waals surface area contributed by atoms with Gasteiger partial charge in [-0.2, -0.15) is 0 Å². The Morgan fingerprint density at radius 2 is 1.77 bits per heavy atom. The van der Waals surface area contributed by atoms with Crippen LogP contribution in [0.15, 0.2) is 57.9 Å². The molecule has 0 aliphatic rings. The molecule has 5 nitrogen and oxygen atoms in total. The Labute approximate surface area is 163 Å². The standard InChI is InChI=1S/C19H23BrN2O3S/c1-4-14(2)21-26(24,25)17-11-9-15(10-12-17)19(23)22(3)13-16-7-5-6-8-18(16)20/h5-12,14,21H,4,13H2,1-3H3. The Bertz CT molecular complexity index is 867. The molecule has 0 saturated carbocycles. The summed E-state index contributed by atoms with van der Waals surface area (Å²) in [5.74, 6) is -0.167. The Hall–Kier alpha value is -1.70. The molecule has 1 N–H and O–H groups in total. The number of carbonyl (C=O) groups excluding carboxylic acids is 1. The smallest absolute Gasteiger partial charge is 0.253 e. The largest absolute Gasteiger partial charge is 0.337 e. The molecule has 7 heteroatoms. The topological polar surface area (TPSA) is 66.5 Å². The fourth-order valence-electron chi connectivity index (χ4n) is 2.37. The maximum atomic E-state index is 12.6. The normalized spacial score (nSPS) is 12.6. The lowest BCUT2D eigenvalue weighted by Gasteiger charge is -2.18. The van der Waals surface area contributed by atoms with Crippen molar-refractivity contribution in [3.8, 4) is 0 Å². The monoisotopic (exact) mass is 438 g/mol. The lowest BCUT2D eigenvalue weighted by atomic mass is 10.1. The van der Waals surface area contributed by atoms with Crippen molar-refractivity contribution in [2.24, 2.45) is 0 Å². The number of nitrogens with one attached hydrogen (secondary N) is 1. The summed E-state index contributed by atoms with van der Waals surface area (Å²) < 4.78 is 28.1. The van der Waals surface area contributed by atoms with E-state index in [0.29, 0.717) is 18.5 Å². The van der Waals surface area contributed by atoms with Gasteiger partial charge in [0.15, 0.2) is 0 Å². The number of hydrogen-bond acceptors (Lipinski definition) is 3. The molecular formula is C19H23BrN2O3S. The third kappa shape index (κ3) is 5.16. The molecule has 0 radical (unpaired) electrons. The highest BCUT2D eigenvalue weighted by atomic mass is 79.9. The molecule has 1 unspecified atom stereocenters. The van der Waals surface area contributed by atoms with Gasteiger partial charge in [-0.05, 0) is 49.2 Å². The maximum Gasteiger partial charge on any atom is 0.253 e. The molecule has 2 rings (SSSR count). The van der Waals surface area contributed by atoms with Crippen molar-refractivity contribution >= 4 is 31.9 Å². The zero-order valence-corrected chi connectivity index (χ0v) is 17.5. The van der Waals surface area contributed by atoms with Crippen LogP contribution in [0.5, 0.6) is 0 Å². The first-order valence-corrected chi connectivity index (χ1v) is 10.6. The van der Waals surface area contributed by atoms with E-state index in [9.17, 15) is 13.2 Å². The molecule has 140 valence electrons. The summed E-state index contributed by atoms with van der Waals surface area (Å²) >= 11 is 3.48. The predicted molar refractivity (Wildman–Crippen MR) is 106 cm³/mol. The Kier molecular flexibility index (Phi) is 6.97. The molecule has 0 bridgehead atoms. The van der Waals surface area contributed by atoms with Crippen molar-refractivity contribution in [2.45, 2.75) is 37.8 Å². The van der Waals surface area contributed by atoms with Crippen LogP contribution >= 0.6 is 15.9 Å². The molecule has 0 saturated heterocycles. The molecule has 0 aromatic heterocycles. The Morgan fingerprint density at radius 3 is 2.35 bits per heavy atom. The summed E-state index contributed by atoms with van der Waals surface area (Å²) in [6.45, 7) is 4.18. The number of sulfonamides is 1. The number of nitrogens with zero attached hydrogens (tertiary/aromatic N) is 1. The highest BCUT2D eigenvalue weighted by Gasteiger charge is 2.18. The number of benzene rings is 2. The van der Waals surface area contributed by atoms with Crippen LogP contribution in [-0.4, -0.2) is 32.3 Å². The van der Waals surface area contributed by atoms with E-state index in [1.165, 1.54) is 12.1 Å². The molecule has 26 heavy (non-hydrogen) atoms. The quantitative estimate of drug-likeness (QED) is 0.714. The maximum absolute atomic E-state index is 12.6. The molecule has 0 heterocycles. The molecule has 1 amide bonds. The third-order valence-electron chi connectivity index (χ3n) is 4.09. The van der Waals surface area contributed by atoms with Gasteiger partial charge >= 0.3 is 0 Å². The van der Waals surface area contributed by atoms with Crippen molar-refractivity contribution in [2.75, 3.05) is 7.05 Å². The zero-order valence-electron chi connectivity index (χ0n) is 15.1. The van der Waals surface area contributed by atoms with Crippen LogP contribution in [0, 0.1) is 0 Å². The van der Waals surface area contributed by atoms with Gasteiger partial charge in [0.25, 0.3) is 5.91 Å². The van der Waals surface area contributed by atoms with Crippen LogP contribution in [0.2, 0.25) is 0 Å². The van der Waals surface area contributed by atoms with E-state index in [0.717, 1.165) is 10.0 Å². The first-order chi connectivity index (χ1) is 12.2. The van der Waals surface area contributed by atoms with Gasteiger partial charge in [0.1, 0.15) is 0 Å². The van der Waals surface area contributed by atoms with Crippen LogP contribution in [0.1, 0.15) is 36.2 Å². The summed E-state index contributed by atoms with van der Waals surface area (Å²) in [6, 6.07) is 13.6. The van der Waals surface area contributed by atoms with E-state index in [1.807, 2.05) is 38.1 Å². The second-order valence-corrected chi connectivity index (χ2v) is 8.78. The summed E-state index contributed by atoms with van der Waals surface area (Å²) in [5.41, 5.74) is 1.45. The fraction of sp³-hybridized carbons (Fsp3) is 0.316. The lowest BCUT2D eigenvalue weighted by Crippen LogP contribution is -2.32. The van der Waals surface area contributed by atoms with E-state index in [-0.39, 0.29) is 16.8 Å². The molecule has 0 fully saturated rings. The molecule has 1 atom stereocenters. The van der Waals surface area contributed by atoms with Gasteiger partial charge in [0.2, 0.25) is 10.0 Å². The van der Waals surface area contributed by atoms with Crippen molar-refractivity contribution in [3.63, 3.8) is 0 Å². The van der Waals surface area contributed by atoms with Gasteiger partial charge in [-0.25, -0.2) is 13.1 Å². The average molecular weight is 439 g/mol. The molecule has 0 spiro atoms. The zero-order chi connectivity index (χ0) is 19.3. The highest BCUT2D eigenvalue weighted by Crippen LogP contribution is 2.19. The van der Waals surface area contributed by atoms with Crippen molar-refractivity contribution in [1.82, 2.24) is 9.62 Å². The molecular weight excluding hydrogens is 416 g/mol. The third-order valence-corrected chi connectivity index (χ3v) is 6.47. The summed E-state index contributed by atoms with van der Waals surface area (Å²) in [5, 5.41) is 0. The average Bonchev–Trinajstić information content (AvgIpc) is 2.62. The van der Waals surface area contributed by atoms with E-state index in [2.05, 4.69) is 20.7 Å². The van der Waals surface area contributed by atoms with Gasteiger partial charge in [0.05, 0.1) is 4.90 Å². The van der Waals surface area contributed by atoms with Crippen LogP contribution < -0.4 is 4.72 Å². The minimum absolute atomic E-state index is 0.142. The van der Waals surface area contributed by atoms with Gasteiger partial charge in [-0.3, -0.25) is 4.79 Å². The molecule has 2 aromatic rings. The predicted octanol–water partition coefficient (Wildman–Crippen LogP) is 3.80. The van der Waals surface area contributed by atoms with Gasteiger partial charge in [-0.15, -0.1) is 0 Å². The van der Waals surface area contributed by atoms with Crippen molar-refractivity contribution < 1.29 is 13.2 Å². The minimum atomic E-state index is -3.57. The number of rotatable bonds is 7. The number of carbonyl (C=O) groups is 1. The summed E-state index contributed by atoms with van der Waals surface area (Å²) in [4.78, 5) is 14.3. The number of halogens is 1. The Morgan fingerprint density at radius 1 is 1.15 bits per heavy atom. The summed E-state index contributed by atoms with van der Waals surface area (Å²) in [7, 11) is -1.85. The first kappa shape index (κ1) is 20.6. The van der Waals surface area contributed by atoms with E-state index in [1.54, 1.807) is 24.1 Å².